The lowest BCUT2D eigenvalue weighted by atomic mass is 10.1. The third-order valence-electron chi connectivity index (χ3n) is 1.28. The van der Waals surface area contributed by atoms with Crippen LogP contribution < -0.4 is 0 Å². The molecule has 0 saturated heterocycles. The zero-order valence-corrected chi connectivity index (χ0v) is 6.22. The van der Waals surface area contributed by atoms with Gasteiger partial charge in [0.25, 0.3) is 0 Å². The minimum absolute atomic E-state index is 0.636. The van der Waals surface area contributed by atoms with Crippen LogP contribution >= 0.6 is 0 Å². The Labute approximate surface area is 57.3 Å². The van der Waals surface area contributed by atoms with Crippen LogP contribution in [0.5, 0.6) is 0 Å². The number of nitrogens with one attached hydrogen (secondary N) is 1. The standard InChI is InChI=1S/C8H15N/c1-3-5-8(2)6-4-7-9/h4,6-9H,3,5H2,1-2H3/b6-4-,9-7?. The third-order valence-corrected chi connectivity index (χ3v) is 1.28. The normalized spacial score (nSPS) is 14.0. The van der Waals surface area contributed by atoms with Crippen LogP contribution in [0.4, 0.5) is 0 Å². The lowest BCUT2D eigenvalue weighted by Gasteiger charge is -1.99. The maximum Gasteiger partial charge on any atom is 0.0174 e. The van der Waals surface area contributed by atoms with E-state index < -0.39 is 0 Å². The molecule has 0 aromatic rings. The first-order valence-electron chi connectivity index (χ1n) is 3.48. The molecule has 0 aliphatic carbocycles. The molecule has 0 aliphatic rings. The Morgan fingerprint density at radius 1 is 1.56 bits per heavy atom. The van der Waals surface area contributed by atoms with Crippen LogP contribution in [-0.4, -0.2) is 6.21 Å². The van der Waals surface area contributed by atoms with E-state index in [1.807, 2.05) is 0 Å². The van der Waals surface area contributed by atoms with Crippen molar-refractivity contribution in [2.75, 3.05) is 0 Å². The van der Waals surface area contributed by atoms with E-state index in [0.29, 0.717) is 5.92 Å². The van der Waals surface area contributed by atoms with Crippen LogP contribution in [0.2, 0.25) is 0 Å². The molecule has 9 heavy (non-hydrogen) atoms. The van der Waals surface area contributed by atoms with Gasteiger partial charge in [-0.25, -0.2) is 0 Å². The summed E-state index contributed by atoms with van der Waals surface area (Å²) in [6, 6.07) is 0. The SMILES string of the molecule is CCCC(C)/C=C\C=N. The largest absolute Gasteiger partial charge is 0.309 e. The molecule has 52 valence electrons. The van der Waals surface area contributed by atoms with E-state index in [2.05, 4.69) is 19.9 Å². The lowest BCUT2D eigenvalue weighted by Crippen LogP contribution is -1.86. The summed E-state index contributed by atoms with van der Waals surface area (Å²) in [4.78, 5) is 0. The van der Waals surface area contributed by atoms with Crippen LogP contribution in [-0.2, 0) is 0 Å². The predicted molar refractivity (Wildman–Crippen MR) is 42.0 cm³/mol. The molecule has 0 bridgehead atoms. The van der Waals surface area contributed by atoms with Crippen LogP contribution in [0, 0.1) is 11.3 Å². The summed E-state index contributed by atoms with van der Waals surface area (Å²) < 4.78 is 0. The van der Waals surface area contributed by atoms with Gasteiger partial charge in [-0.1, -0.05) is 26.3 Å². The highest BCUT2D eigenvalue weighted by Gasteiger charge is 1.90. The van der Waals surface area contributed by atoms with E-state index in [1.54, 1.807) is 6.08 Å². The molecule has 0 heterocycles. The molecular weight excluding hydrogens is 110 g/mol. The average Bonchev–Trinajstić information content (AvgIpc) is 1.85. The van der Waals surface area contributed by atoms with Crippen molar-refractivity contribution in [3.8, 4) is 0 Å². The summed E-state index contributed by atoms with van der Waals surface area (Å²) in [7, 11) is 0. The van der Waals surface area contributed by atoms with Crippen molar-refractivity contribution in [2.24, 2.45) is 5.92 Å². The van der Waals surface area contributed by atoms with Crippen molar-refractivity contribution in [1.29, 1.82) is 5.41 Å². The zero-order chi connectivity index (χ0) is 7.11. The van der Waals surface area contributed by atoms with Crippen molar-refractivity contribution in [1.82, 2.24) is 0 Å². The van der Waals surface area contributed by atoms with Crippen molar-refractivity contribution >= 4 is 6.21 Å². The first kappa shape index (κ1) is 8.41. The van der Waals surface area contributed by atoms with Gasteiger partial charge in [0.15, 0.2) is 0 Å². The molecule has 1 N–H and O–H groups in total. The van der Waals surface area contributed by atoms with Crippen molar-refractivity contribution < 1.29 is 0 Å². The number of rotatable bonds is 4. The fourth-order valence-corrected chi connectivity index (χ4v) is 0.797. The van der Waals surface area contributed by atoms with E-state index >= 15 is 0 Å². The molecule has 0 rings (SSSR count). The fourth-order valence-electron chi connectivity index (χ4n) is 0.797. The van der Waals surface area contributed by atoms with Gasteiger partial charge in [0.05, 0.1) is 0 Å². The summed E-state index contributed by atoms with van der Waals surface area (Å²) in [5.41, 5.74) is 0. The summed E-state index contributed by atoms with van der Waals surface area (Å²) in [5.74, 6) is 0.636. The second-order valence-electron chi connectivity index (χ2n) is 2.32. The minimum Gasteiger partial charge on any atom is -0.309 e. The van der Waals surface area contributed by atoms with Gasteiger partial charge >= 0.3 is 0 Å². The highest BCUT2D eigenvalue weighted by Crippen LogP contribution is 2.04. The first-order chi connectivity index (χ1) is 4.31. The molecule has 0 radical (unpaired) electrons. The highest BCUT2D eigenvalue weighted by atomic mass is 14.3. The van der Waals surface area contributed by atoms with Gasteiger partial charge in [0, 0.05) is 6.21 Å². The first-order valence-corrected chi connectivity index (χ1v) is 3.48. The number of hydrogen-bond acceptors (Lipinski definition) is 1. The number of allylic oxidation sites excluding steroid dienone is 2. The van der Waals surface area contributed by atoms with Crippen molar-refractivity contribution in [3.05, 3.63) is 12.2 Å². The molecule has 1 heteroatoms. The molecule has 0 saturated carbocycles. The fraction of sp³-hybridized carbons (Fsp3) is 0.625. The minimum atomic E-state index is 0.636. The van der Waals surface area contributed by atoms with Crippen molar-refractivity contribution in [3.63, 3.8) is 0 Å². The topological polar surface area (TPSA) is 23.9 Å². The van der Waals surface area contributed by atoms with Gasteiger partial charge in [-0.15, -0.1) is 0 Å². The van der Waals surface area contributed by atoms with Gasteiger partial charge in [-0.2, -0.15) is 0 Å². The van der Waals surface area contributed by atoms with E-state index in [9.17, 15) is 0 Å². The van der Waals surface area contributed by atoms with Gasteiger partial charge in [-0.3, -0.25) is 0 Å². The van der Waals surface area contributed by atoms with E-state index in [1.165, 1.54) is 19.1 Å². The van der Waals surface area contributed by atoms with Crippen LogP contribution in [0.1, 0.15) is 26.7 Å². The van der Waals surface area contributed by atoms with E-state index in [-0.39, 0.29) is 0 Å². The van der Waals surface area contributed by atoms with E-state index in [0.717, 1.165) is 0 Å². The maximum atomic E-state index is 6.72. The van der Waals surface area contributed by atoms with Crippen LogP contribution in [0.15, 0.2) is 12.2 Å². The summed E-state index contributed by atoms with van der Waals surface area (Å²) >= 11 is 0. The van der Waals surface area contributed by atoms with Gasteiger partial charge in [0.2, 0.25) is 0 Å². The molecule has 1 atom stereocenters. The van der Waals surface area contributed by atoms with Gasteiger partial charge in [0.1, 0.15) is 0 Å². The highest BCUT2D eigenvalue weighted by molar-refractivity contribution is 5.67. The Kier molecular flexibility index (Phi) is 5.18. The predicted octanol–water partition coefficient (Wildman–Crippen LogP) is 2.63. The second kappa shape index (κ2) is 5.54. The quantitative estimate of drug-likeness (QED) is 0.558. The van der Waals surface area contributed by atoms with Crippen molar-refractivity contribution in [2.45, 2.75) is 26.7 Å². The maximum absolute atomic E-state index is 6.72. The molecule has 0 spiro atoms. The summed E-state index contributed by atoms with van der Waals surface area (Å²) in [5, 5.41) is 6.72. The summed E-state index contributed by atoms with van der Waals surface area (Å²) in [6.07, 6.45) is 7.64. The Hall–Kier alpha value is -0.590. The van der Waals surface area contributed by atoms with Crippen LogP contribution in [0.25, 0.3) is 0 Å². The lowest BCUT2D eigenvalue weighted by molar-refractivity contribution is 0.634. The molecule has 0 fully saturated rings. The Bertz CT molecular complexity index is 94.7. The van der Waals surface area contributed by atoms with Gasteiger partial charge in [-0.05, 0) is 18.4 Å². The van der Waals surface area contributed by atoms with E-state index in [4.69, 9.17) is 5.41 Å². The smallest absolute Gasteiger partial charge is 0.0174 e. The average molecular weight is 125 g/mol. The third kappa shape index (κ3) is 5.28. The Morgan fingerprint density at radius 3 is 2.67 bits per heavy atom. The Morgan fingerprint density at radius 2 is 2.22 bits per heavy atom. The molecule has 0 aliphatic heterocycles. The zero-order valence-electron chi connectivity index (χ0n) is 6.22. The molecular formula is C8H15N. The molecule has 0 amide bonds. The molecule has 1 nitrogen and oxygen atoms in total. The summed E-state index contributed by atoms with van der Waals surface area (Å²) in [6.45, 7) is 4.35. The van der Waals surface area contributed by atoms with Gasteiger partial charge < -0.3 is 5.41 Å². The Balaban J connectivity index is 3.35. The monoisotopic (exact) mass is 125 g/mol. The molecule has 1 unspecified atom stereocenters. The second-order valence-corrected chi connectivity index (χ2v) is 2.32. The number of hydrogen-bond donors (Lipinski definition) is 1. The van der Waals surface area contributed by atoms with Crippen LogP contribution in [0.3, 0.4) is 0 Å². The molecule has 0 aromatic carbocycles. The molecule has 0 aromatic heterocycles.